The molecule has 0 bridgehead atoms. The number of rotatable bonds is 6. The van der Waals surface area contributed by atoms with Gasteiger partial charge in [0.05, 0.1) is 25.4 Å². The van der Waals surface area contributed by atoms with E-state index in [9.17, 15) is 0 Å². The van der Waals surface area contributed by atoms with Gasteiger partial charge in [0.2, 0.25) is 0 Å². The summed E-state index contributed by atoms with van der Waals surface area (Å²) >= 11 is 0. The number of hydrogen-bond donors (Lipinski definition) is 2. The molecule has 1 saturated carbocycles. The van der Waals surface area contributed by atoms with Crippen LogP contribution in [0.3, 0.4) is 0 Å². The van der Waals surface area contributed by atoms with Crippen LogP contribution in [0.15, 0.2) is 18.2 Å². The predicted octanol–water partition coefficient (Wildman–Crippen LogP) is 2.40. The van der Waals surface area contributed by atoms with E-state index < -0.39 is 0 Å². The van der Waals surface area contributed by atoms with Gasteiger partial charge in [-0.15, -0.1) is 0 Å². The number of hydrogen-bond acceptors (Lipinski definition) is 4. The third kappa shape index (κ3) is 3.61. The van der Waals surface area contributed by atoms with E-state index in [0.717, 1.165) is 29.9 Å². The second-order valence-corrected chi connectivity index (χ2v) is 4.95. The highest BCUT2D eigenvalue weighted by molar-refractivity contribution is 5.44. The smallest absolute Gasteiger partial charge is 0.161 e. The van der Waals surface area contributed by atoms with E-state index in [1.165, 1.54) is 12.8 Å². The molecule has 0 unspecified atom stereocenters. The van der Waals surface area contributed by atoms with Crippen molar-refractivity contribution in [2.75, 3.05) is 13.2 Å². The molecule has 106 valence electrons. The van der Waals surface area contributed by atoms with Crippen molar-refractivity contribution < 1.29 is 14.6 Å². The fourth-order valence-corrected chi connectivity index (χ4v) is 2.41. The molecule has 1 aromatic carbocycles. The van der Waals surface area contributed by atoms with Crippen molar-refractivity contribution in [3.8, 4) is 11.5 Å². The first-order chi connectivity index (χ1) is 9.24. The molecule has 2 rings (SSSR count). The molecule has 1 aromatic rings. The third-order valence-electron chi connectivity index (χ3n) is 3.49. The summed E-state index contributed by atoms with van der Waals surface area (Å²) in [6, 6.07) is 5.29. The molecule has 0 saturated heterocycles. The SMILES string of the molecule is CCOc1cc([C@H](N)CO)ccc1OC1CCCC1. The van der Waals surface area contributed by atoms with Crippen molar-refractivity contribution in [1.82, 2.24) is 0 Å². The molecule has 4 nitrogen and oxygen atoms in total. The minimum absolute atomic E-state index is 0.0750. The fourth-order valence-electron chi connectivity index (χ4n) is 2.41. The highest BCUT2D eigenvalue weighted by atomic mass is 16.5. The molecule has 1 fully saturated rings. The van der Waals surface area contributed by atoms with Gasteiger partial charge in [-0.25, -0.2) is 0 Å². The van der Waals surface area contributed by atoms with Crippen LogP contribution in [0, 0.1) is 0 Å². The molecule has 4 heteroatoms. The normalized spacial score (nSPS) is 17.4. The Kier molecular flexibility index (Phi) is 5.05. The van der Waals surface area contributed by atoms with Gasteiger partial charge in [0.25, 0.3) is 0 Å². The average Bonchev–Trinajstić information content (AvgIpc) is 2.93. The van der Waals surface area contributed by atoms with Crippen LogP contribution in [0.5, 0.6) is 11.5 Å². The maximum absolute atomic E-state index is 9.11. The first kappa shape index (κ1) is 14.2. The number of aliphatic hydroxyl groups excluding tert-OH is 1. The summed E-state index contributed by atoms with van der Waals surface area (Å²) in [4.78, 5) is 0. The van der Waals surface area contributed by atoms with Crippen molar-refractivity contribution in [1.29, 1.82) is 0 Å². The standard InChI is InChI=1S/C15H23NO3/c1-2-18-15-9-11(13(16)10-17)7-8-14(15)19-12-5-3-4-6-12/h7-9,12-13,17H,2-6,10,16H2,1H3/t13-/m1/s1. The quantitative estimate of drug-likeness (QED) is 0.829. The molecule has 1 aliphatic rings. The Morgan fingerprint density at radius 2 is 2.05 bits per heavy atom. The molecule has 19 heavy (non-hydrogen) atoms. The van der Waals surface area contributed by atoms with Gasteiger partial charge in [-0.1, -0.05) is 6.07 Å². The summed E-state index contributed by atoms with van der Waals surface area (Å²) in [5.41, 5.74) is 6.69. The van der Waals surface area contributed by atoms with E-state index in [0.29, 0.717) is 12.7 Å². The van der Waals surface area contributed by atoms with Crippen LogP contribution in [-0.4, -0.2) is 24.4 Å². The fraction of sp³-hybridized carbons (Fsp3) is 0.600. The van der Waals surface area contributed by atoms with Crippen LogP contribution in [-0.2, 0) is 0 Å². The molecule has 0 spiro atoms. The van der Waals surface area contributed by atoms with Gasteiger partial charge in [-0.2, -0.15) is 0 Å². The van der Waals surface area contributed by atoms with Crippen LogP contribution in [0.2, 0.25) is 0 Å². The molecule has 1 atom stereocenters. The lowest BCUT2D eigenvalue weighted by molar-refractivity contribution is 0.196. The van der Waals surface area contributed by atoms with Crippen LogP contribution >= 0.6 is 0 Å². The van der Waals surface area contributed by atoms with E-state index in [4.69, 9.17) is 20.3 Å². The van der Waals surface area contributed by atoms with Gasteiger partial charge in [-0.3, -0.25) is 0 Å². The lowest BCUT2D eigenvalue weighted by Gasteiger charge is -2.18. The number of nitrogens with two attached hydrogens (primary N) is 1. The zero-order valence-electron chi connectivity index (χ0n) is 11.5. The highest BCUT2D eigenvalue weighted by Crippen LogP contribution is 2.33. The second-order valence-electron chi connectivity index (χ2n) is 4.95. The Morgan fingerprint density at radius 3 is 2.68 bits per heavy atom. The van der Waals surface area contributed by atoms with Gasteiger partial charge in [-0.05, 0) is 50.3 Å². The summed E-state index contributed by atoms with van der Waals surface area (Å²) in [5, 5.41) is 9.11. The first-order valence-electron chi connectivity index (χ1n) is 7.04. The Hall–Kier alpha value is -1.26. The van der Waals surface area contributed by atoms with E-state index in [1.54, 1.807) is 0 Å². The van der Waals surface area contributed by atoms with Crippen LogP contribution in [0.4, 0.5) is 0 Å². The van der Waals surface area contributed by atoms with E-state index in [2.05, 4.69) is 0 Å². The largest absolute Gasteiger partial charge is 0.490 e. The highest BCUT2D eigenvalue weighted by Gasteiger charge is 2.19. The average molecular weight is 265 g/mol. The molecule has 0 heterocycles. The maximum atomic E-state index is 9.11. The molecule has 0 amide bonds. The Balaban J connectivity index is 2.16. The third-order valence-corrected chi connectivity index (χ3v) is 3.49. The van der Waals surface area contributed by atoms with Crippen LogP contribution in [0.25, 0.3) is 0 Å². The van der Waals surface area contributed by atoms with Crippen LogP contribution in [0.1, 0.15) is 44.2 Å². The summed E-state index contributed by atoms with van der Waals surface area (Å²) in [6.07, 6.45) is 5.01. The monoisotopic (exact) mass is 265 g/mol. The van der Waals surface area contributed by atoms with E-state index >= 15 is 0 Å². The van der Waals surface area contributed by atoms with Crippen molar-refractivity contribution in [3.05, 3.63) is 23.8 Å². The molecule has 3 N–H and O–H groups in total. The number of ether oxygens (including phenoxy) is 2. The van der Waals surface area contributed by atoms with Gasteiger partial charge in [0.1, 0.15) is 0 Å². The van der Waals surface area contributed by atoms with E-state index in [1.807, 2.05) is 25.1 Å². The molecule has 1 aliphatic carbocycles. The van der Waals surface area contributed by atoms with Crippen LogP contribution < -0.4 is 15.2 Å². The number of benzene rings is 1. The van der Waals surface area contributed by atoms with Crippen molar-refractivity contribution in [2.24, 2.45) is 5.73 Å². The Bertz CT molecular complexity index is 402. The topological polar surface area (TPSA) is 64.7 Å². The van der Waals surface area contributed by atoms with Crippen molar-refractivity contribution >= 4 is 0 Å². The zero-order valence-corrected chi connectivity index (χ0v) is 11.5. The van der Waals surface area contributed by atoms with Gasteiger partial charge < -0.3 is 20.3 Å². The number of aliphatic hydroxyl groups is 1. The van der Waals surface area contributed by atoms with E-state index in [-0.39, 0.29) is 12.6 Å². The first-order valence-corrected chi connectivity index (χ1v) is 7.04. The predicted molar refractivity (Wildman–Crippen MR) is 74.5 cm³/mol. The minimum Gasteiger partial charge on any atom is -0.490 e. The summed E-state index contributed by atoms with van der Waals surface area (Å²) in [7, 11) is 0. The minimum atomic E-state index is -0.375. The zero-order chi connectivity index (χ0) is 13.7. The summed E-state index contributed by atoms with van der Waals surface area (Å²) in [6.45, 7) is 2.45. The summed E-state index contributed by atoms with van der Waals surface area (Å²) < 4.78 is 11.6. The molecule has 0 aliphatic heterocycles. The lowest BCUT2D eigenvalue weighted by atomic mass is 10.1. The van der Waals surface area contributed by atoms with Gasteiger partial charge in [0.15, 0.2) is 11.5 Å². The molecular formula is C15H23NO3. The van der Waals surface area contributed by atoms with Gasteiger partial charge >= 0.3 is 0 Å². The second kappa shape index (κ2) is 6.78. The Morgan fingerprint density at radius 1 is 1.32 bits per heavy atom. The van der Waals surface area contributed by atoms with Crippen molar-refractivity contribution in [2.45, 2.75) is 44.8 Å². The lowest BCUT2D eigenvalue weighted by Crippen LogP contribution is -2.15. The molecular weight excluding hydrogens is 242 g/mol. The molecule has 0 aromatic heterocycles. The maximum Gasteiger partial charge on any atom is 0.161 e. The molecule has 0 radical (unpaired) electrons. The van der Waals surface area contributed by atoms with Gasteiger partial charge in [0, 0.05) is 0 Å². The summed E-state index contributed by atoms with van der Waals surface area (Å²) in [5.74, 6) is 1.50. The van der Waals surface area contributed by atoms with Crippen molar-refractivity contribution in [3.63, 3.8) is 0 Å². The Labute approximate surface area is 114 Å².